The van der Waals surface area contributed by atoms with Gasteiger partial charge in [0.15, 0.2) is 19.7 Å². The minimum atomic E-state index is -4.58. The van der Waals surface area contributed by atoms with Crippen molar-refractivity contribution < 1.29 is 39.6 Å². The molecule has 0 saturated heterocycles. The summed E-state index contributed by atoms with van der Waals surface area (Å²) in [5.41, 5.74) is -0.386. The maximum Gasteiger partial charge on any atom is 0.416 e. The van der Waals surface area contributed by atoms with E-state index in [-0.39, 0.29) is 11.6 Å². The van der Waals surface area contributed by atoms with Crippen molar-refractivity contribution in [3.63, 3.8) is 0 Å². The number of halogens is 3. The smallest absolute Gasteiger partial charge is 0.325 e. The second-order valence-corrected chi connectivity index (χ2v) is 17.0. The molecule has 2 amide bonds. The third kappa shape index (κ3) is 8.35. The van der Waals surface area contributed by atoms with Gasteiger partial charge in [0.1, 0.15) is 15.3 Å². The molecule has 2 N–H and O–H groups in total. The van der Waals surface area contributed by atoms with Crippen LogP contribution in [0.3, 0.4) is 0 Å². The van der Waals surface area contributed by atoms with Crippen molar-refractivity contribution >= 4 is 53.8 Å². The normalized spacial score (nSPS) is 12.8. The first kappa shape index (κ1) is 36.7. The summed E-state index contributed by atoms with van der Waals surface area (Å²) < 4.78 is 83.3. The molecule has 14 heteroatoms. The molecule has 9 nitrogen and oxygen atoms in total. The number of hydrogen-bond donors (Lipinski definition) is 2. The van der Waals surface area contributed by atoms with Crippen LogP contribution in [0.25, 0.3) is 10.8 Å². The second kappa shape index (κ2) is 13.6. The van der Waals surface area contributed by atoms with E-state index < -0.39 is 58.0 Å². The molecule has 0 atom stereocenters. The van der Waals surface area contributed by atoms with Gasteiger partial charge in [0.2, 0.25) is 11.8 Å². The molecule has 0 bridgehead atoms. The Hall–Kier alpha value is -3.52. The number of hydrogen-bond acceptors (Lipinski definition) is 7. The number of alkyl halides is 3. The molecule has 3 aromatic rings. The number of aromatic nitrogens is 1. The van der Waals surface area contributed by atoms with E-state index in [0.29, 0.717) is 18.2 Å². The molecule has 0 aliphatic heterocycles. The zero-order valence-corrected chi connectivity index (χ0v) is 27.2. The Morgan fingerprint density at radius 1 is 0.818 bits per heavy atom. The number of nitrogens with zero attached hydrogens (tertiary/aromatic N) is 1. The second-order valence-electron chi connectivity index (χ2n) is 11.3. The van der Waals surface area contributed by atoms with E-state index in [1.165, 1.54) is 27.7 Å². The molecule has 0 spiro atoms. The highest BCUT2D eigenvalue weighted by atomic mass is 32.2. The topological polar surface area (TPSA) is 139 Å². The average Bonchev–Trinajstić information content (AvgIpc) is 2.92. The van der Waals surface area contributed by atoms with Crippen LogP contribution in [-0.2, 0) is 35.4 Å². The Labute approximate surface area is 256 Å². The number of benzene rings is 2. The van der Waals surface area contributed by atoms with Gasteiger partial charge in [-0.25, -0.2) is 21.8 Å². The van der Waals surface area contributed by atoms with Crippen LogP contribution < -0.4 is 10.6 Å². The van der Waals surface area contributed by atoms with Crippen LogP contribution >= 0.6 is 0 Å². The Bertz CT molecular complexity index is 1720. The van der Waals surface area contributed by atoms with E-state index >= 15 is 0 Å². The van der Waals surface area contributed by atoms with Crippen molar-refractivity contribution in [2.24, 2.45) is 0 Å². The van der Waals surface area contributed by atoms with E-state index in [4.69, 9.17) is 0 Å². The van der Waals surface area contributed by atoms with Crippen molar-refractivity contribution in [2.45, 2.75) is 75.8 Å². The van der Waals surface area contributed by atoms with Gasteiger partial charge in [-0.3, -0.25) is 9.59 Å². The van der Waals surface area contributed by atoms with Crippen LogP contribution in [0.2, 0.25) is 0 Å². The molecular formula is C30H38F3N3O6S2. The zero-order chi connectivity index (χ0) is 33.7. The summed E-state index contributed by atoms with van der Waals surface area (Å²) in [6, 6.07) is 14.7. The molecule has 1 heterocycles. The van der Waals surface area contributed by atoms with Gasteiger partial charge in [0.25, 0.3) is 0 Å². The Morgan fingerprint density at radius 2 is 1.39 bits per heavy atom. The number of nitrogens with one attached hydrogen (secondary N) is 2. The maximum absolute atomic E-state index is 12.6. The molecule has 0 saturated carbocycles. The van der Waals surface area contributed by atoms with E-state index in [1.807, 2.05) is 36.4 Å². The lowest BCUT2D eigenvalue weighted by molar-refractivity contribution is -0.137. The average molecular weight is 658 g/mol. The van der Waals surface area contributed by atoms with Gasteiger partial charge in [-0.2, -0.15) is 13.2 Å². The number of amides is 2. The molecular weight excluding hydrogens is 619 g/mol. The molecule has 44 heavy (non-hydrogen) atoms. The van der Waals surface area contributed by atoms with E-state index in [1.54, 1.807) is 26.8 Å². The van der Waals surface area contributed by atoms with Crippen LogP contribution in [0.5, 0.6) is 0 Å². The van der Waals surface area contributed by atoms with Gasteiger partial charge in [-0.1, -0.05) is 37.3 Å². The molecule has 2 aromatic carbocycles. The van der Waals surface area contributed by atoms with Crippen molar-refractivity contribution in [1.29, 1.82) is 0 Å². The first-order valence-corrected chi connectivity index (χ1v) is 16.9. The SMILES string of the molecule is CC(C)S(=O)(=O)C(C)(C)C(=O)Nc1ccc2ccccc2c1.CCCS(=O)(=O)C(C)(C)C(=O)Nc1cc(C(F)(F)F)ccn1. The molecule has 0 aliphatic carbocycles. The number of sulfone groups is 2. The predicted molar refractivity (Wildman–Crippen MR) is 167 cm³/mol. The highest BCUT2D eigenvalue weighted by molar-refractivity contribution is 7.94. The molecule has 0 aliphatic rings. The summed E-state index contributed by atoms with van der Waals surface area (Å²) in [5.74, 6) is -1.98. The largest absolute Gasteiger partial charge is 0.416 e. The fourth-order valence-corrected chi connectivity index (χ4v) is 6.74. The fourth-order valence-electron chi connectivity index (χ4n) is 3.87. The van der Waals surface area contributed by atoms with Gasteiger partial charge in [0.05, 0.1) is 16.6 Å². The van der Waals surface area contributed by atoms with Crippen LogP contribution in [-0.4, -0.2) is 54.1 Å². The standard InChI is InChI=1S/C17H21NO3S.C13H17F3N2O3S/c1-12(2)22(20,21)17(3,4)16(19)18-15-10-9-13-7-5-6-8-14(13)11-15;1-4-7-22(20,21)12(2,3)11(19)18-10-8-9(5-6-17-10)13(14,15)16/h5-12H,1-4H3,(H,18,19);5-6,8H,4,7H2,1-3H3,(H,17,18,19). The van der Waals surface area contributed by atoms with Gasteiger partial charge in [-0.15, -0.1) is 0 Å². The first-order chi connectivity index (χ1) is 20.1. The van der Waals surface area contributed by atoms with Crippen molar-refractivity contribution in [3.05, 3.63) is 66.4 Å². The highest BCUT2D eigenvalue weighted by Crippen LogP contribution is 2.30. The van der Waals surface area contributed by atoms with Gasteiger partial charge < -0.3 is 10.6 Å². The monoisotopic (exact) mass is 657 g/mol. The quantitative estimate of drug-likeness (QED) is 0.287. The van der Waals surface area contributed by atoms with Crippen LogP contribution in [0.15, 0.2) is 60.8 Å². The van der Waals surface area contributed by atoms with Crippen LogP contribution in [0, 0.1) is 0 Å². The van der Waals surface area contributed by atoms with Crippen molar-refractivity contribution in [3.8, 4) is 0 Å². The number of rotatable bonds is 9. The molecule has 0 unspecified atom stereocenters. The molecule has 0 fully saturated rings. The summed E-state index contributed by atoms with van der Waals surface area (Å²) in [7, 11) is -7.28. The number of pyridine rings is 1. The van der Waals surface area contributed by atoms with E-state index in [9.17, 15) is 39.6 Å². The lowest BCUT2D eigenvalue weighted by Crippen LogP contribution is -2.47. The summed E-state index contributed by atoms with van der Waals surface area (Å²) in [5, 5.41) is 6.30. The van der Waals surface area contributed by atoms with Crippen LogP contribution in [0.1, 0.15) is 60.5 Å². The first-order valence-electron chi connectivity index (χ1n) is 13.7. The van der Waals surface area contributed by atoms with Gasteiger partial charge in [0, 0.05) is 11.9 Å². The third-order valence-corrected chi connectivity index (χ3v) is 12.5. The summed E-state index contributed by atoms with van der Waals surface area (Å²) >= 11 is 0. The number of fused-ring (bicyclic) bond motifs is 1. The minimum Gasteiger partial charge on any atom is -0.325 e. The van der Waals surface area contributed by atoms with Crippen LogP contribution in [0.4, 0.5) is 24.7 Å². The molecule has 3 rings (SSSR count). The highest BCUT2D eigenvalue weighted by Gasteiger charge is 2.43. The summed E-state index contributed by atoms with van der Waals surface area (Å²) in [6.07, 6.45) is -3.35. The maximum atomic E-state index is 12.6. The minimum absolute atomic E-state index is 0.191. The predicted octanol–water partition coefficient (Wildman–Crippen LogP) is 6.02. The Balaban J connectivity index is 0.000000307. The van der Waals surface area contributed by atoms with Crippen molar-refractivity contribution in [1.82, 2.24) is 4.98 Å². The molecule has 1 aromatic heterocycles. The molecule has 0 radical (unpaired) electrons. The Morgan fingerprint density at radius 3 is 1.93 bits per heavy atom. The number of carbonyl (C=O) groups excluding carboxylic acids is 2. The number of carbonyl (C=O) groups is 2. The van der Waals surface area contributed by atoms with Crippen molar-refractivity contribution in [2.75, 3.05) is 16.4 Å². The fraction of sp³-hybridized carbons (Fsp3) is 0.433. The summed E-state index contributed by atoms with van der Waals surface area (Å²) in [6.45, 7) is 10.1. The van der Waals surface area contributed by atoms with Gasteiger partial charge >= 0.3 is 6.18 Å². The molecule has 242 valence electrons. The zero-order valence-electron chi connectivity index (χ0n) is 25.6. The summed E-state index contributed by atoms with van der Waals surface area (Å²) in [4.78, 5) is 28.1. The lowest BCUT2D eigenvalue weighted by atomic mass is 10.1. The van der Waals surface area contributed by atoms with E-state index in [0.717, 1.165) is 23.0 Å². The third-order valence-electron chi connectivity index (χ3n) is 7.01. The Kier molecular flexibility index (Phi) is 11.4. The lowest BCUT2D eigenvalue weighted by Gasteiger charge is -2.26. The number of anilines is 2. The van der Waals surface area contributed by atoms with Gasteiger partial charge in [-0.05, 0) is 83.0 Å². The van der Waals surface area contributed by atoms with E-state index in [2.05, 4.69) is 15.6 Å².